The van der Waals surface area contributed by atoms with E-state index in [2.05, 4.69) is 5.32 Å². The van der Waals surface area contributed by atoms with Crippen LogP contribution >= 0.6 is 23.2 Å². The van der Waals surface area contributed by atoms with Crippen molar-refractivity contribution in [1.29, 1.82) is 5.26 Å². The normalized spacial score (nSPS) is 10.8. The van der Waals surface area contributed by atoms with E-state index in [9.17, 15) is 25.0 Å². The number of benzene rings is 3. The lowest BCUT2D eigenvalue weighted by Crippen LogP contribution is -2.14. The Hall–Kier alpha value is -4.19. The summed E-state index contributed by atoms with van der Waals surface area (Å²) in [5.74, 6) is -1.05. The largest absolute Gasteiger partial charge is 0.423 e. The number of anilines is 1. The van der Waals surface area contributed by atoms with Crippen LogP contribution in [0.2, 0.25) is 10.0 Å². The van der Waals surface area contributed by atoms with Crippen LogP contribution in [0, 0.1) is 28.4 Å². The minimum atomic E-state index is -0.672. The van der Waals surface area contributed by atoms with Crippen molar-refractivity contribution in [3.05, 3.63) is 103 Å². The van der Waals surface area contributed by atoms with E-state index in [4.69, 9.17) is 27.9 Å². The van der Waals surface area contributed by atoms with Crippen LogP contribution in [0.15, 0.2) is 66.2 Å². The summed E-state index contributed by atoms with van der Waals surface area (Å²) in [7, 11) is 0. The number of carbonyl (C=O) groups is 2. The van der Waals surface area contributed by atoms with Gasteiger partial charge in [0.2, 0.25) is 0 Å². The van der Waals surface area contributed by atoms with Crippen molar-refractivity contribution >= 4 is 52.5 Å². The number of nitrogens with one attached hydrogen (secondary N) is 1. The van der Waals surface area contributed by atoms with Gasteiger partial charge in [0.05, 0.1) is 20.5 Å². The number of rotatable bonds is 6. The lowest BCUT2D eigenvalue weighted by Gasteiger charge is -2.08. The van der Waals surface area contributed by atoms with Crippen LogP contribution in [0.4, 0.5) is 11.4 Å². The van der Waals surface area contributed by atoms with Crippen molar-refractivity contribution < 1.29 is 19.2 Å². The Kier molecular flexibility index (Phi) is 7.64. The number of nitrogens with zero attached hydrogens (tertiary/aromatic N) is 2. The predicted molar refractivity (Wildman–Crippen MR) is 128 cm³/mol. The van der Waals surface area contributed by atoms with Crippen LogP contribution < -0.4 is 10.1 Å². The fraction of sp³-hybridized carbons (Fsp3) is 0.0417. The maximum absolute atomic E-state index is 12.5. The Morgan fingerprint density at radius 3 is 2.35 bits per heavy atom. The molecular weight excluding hydrogens is 481 g/mol. The van der Waals surface area contributed by atoms with E-state index in [0.29, 0.717) is 21.8 Å². The van der Waals surface area contributed by atoms with Gasteiger partial charge in [0.25, 0.3) is 11.6 Å². The molecule has 3 aromatic rings. The third kappa shape index (κ3) is 5.98. The number of nitro benzene ring substituents is 1. The van der Waals surface area contributed by atoms with Crippen molar-refractivity contribution in [3.8, 4) is 11.8 Å². The minimum absolute atomic E-state index is 0.105. The van der Waals surface area contributed by atoms with Gasteiger partial charge in [-0.2, -0.15) is 5.26 Å². The number of amides is 1. The van der Waals surface area contributed by atoms with Crippen LogP contribution in [0.5, 0.6) is 5.75 Å². The Morgan fingerprint density at radius 1 is 1.06 bits per heavy atom. The lowest BCUT2D eigenvalue weighted by molar-refractivity contribution is -0.384. The van der Waals surface area contributed by atoms with Crippen molar-refractivity contribution in [2.24, 2.45) is 0 Å². The monoisotopic (exact) mass is 495 g/mol. The molecule has 0 atom stereocenters. The summed E-state index contributed by atoms with van der Waals surface area (Å²) in [4.78, 5) is 35.1. The Morgan fingerprint density at radius 2 is 1.76 bits per heavy atom. The first-order valence-corrected chi connectivity index (χ1v) is 10.4. The number of aryl methyl sites for hydroxylation is 1. The molecule has 10 heteroatoms. The quantitative estimate of drug-likeness (QED) is 0.112. The fourth-order valence-corrected chi connectivity index (χ4v) is 3.13. The second-order valence-corrected chi connectivity index (χ2v) is 7.78. The van der Waals surface area contributed by atoms with Crippen LogP contribution in [-0.2, 0) is 4.79 Å². The van der Waals surface area contributed by atoms with Crippen molar-refractivity contribution in [2.45, 2.75) is 6.92 Å². The smallest absolute Gasteiger partial charge is 0.343 e. The maximum atomic E-state index is 12.5. The zero-order chi connectivity index (χ0) is 24.8. The fourth-order valence-electron chi connectivity index (χ4n) is 2.83. The number of nitro groups is 1. The molecule has 34 heavy (non-hydrogen) atoms. The summed E-state index contributed by atoms with van der Waals surface area (Å²) in [5, 5.41) is 23.4. The molecule has 1 amide bonds. The van der Waals surface area contributed by atoms with Gasteiger partial charge in [0.15, 0.2) is 0 Å². The molecular formula is C24H15Cl2N3O5. The Bertz CT molecular complexity index is 1360. The molecule has 170 valence electrons. The molecule has 3 rings (SSSR count). The zero-order valence-electron chi connectivity index (χ0n) is 17.5. The third-order valence-electron chi connectivity index (χ3n) is 4.59. The molecule has 0 spiro atoms. The van der Waals surface area contributed by atoms with E-state index < -0.39 is 16.8 Å². The van der Waals surface area contributed by atoms with Crippen molar-refractivity contribution in [2.75, 3.05) is 5.32 Å². The van der Waals surface area contributed by atoms with E-state index in [1.165, 1.54) is 54.6 Å². The summed E-state index contributed by atoms with van der Waals surface area (Å²) in [6.45, 7) is 1.61. The third-order valence-corrected chi connectivity index (χ3v) is 5.33. The number of non-ortho nitro benzene ring substituents is 1. The van der Waals surface area contributed by atoms with E-state index in [1.54, 1.807) is 19.1 Å². The molecule has 0 unspecified atom stereocenters. The van der Waals surface area contributed by atoms with Crippen molar-refractivity contribution in [1.82, 2.24) is 0 Å². The molecule has 0 saturated carbocycles. The summed E-state index contributed by atoms with van der Waals surface area (Å²) < 4.78 is 5.29. The van der Waals surface area contributed by atoms with Gasteiger partial charge >= 0.3 is 5.97 Å². The van der Waals surface area contributed by atoms with Gasteiger partial charge in [-0.05, 0) is 60.5 Å². The highest BCUT2D eigenvalue weighted by molar-refractivity contribution is 6.42. The average Bonchev–Trinajstić information content (AvgIpc) is 2.81. The first-order chi connectivity index (χ1) is 16.2. The van der Waals surface area contributed by atoms with Gasteiger partial charge in [-0.3, -0.25) is 14.9 Å². The second kappa shape index (κ2) is 10.6. The van der Waals surface area contributed by atoms with Crippen LogP contribution in [0.3, 0.4) is 0 Å². The highest BCUT2D eigenvalue weighted by Crippen LogP contribution is 2.24. The number of halogens is 2. The maximum Gasteiger partial charge on any atom is 0.343 e. The highest BCUT2D eigenvalue weighted by Gasteiger charge is 2.14. The summed E-state index contributed by atoms with van der Waals surface area (Å²) in [5.41, 5.74) is 1.28. The van der Waals surface area contributed by atoms with Crippen LogP contribution in [0.25, 0.3) is 6.08 Å². The molecule has 0 aliphatic rings. The average molecular weight is 496 g/mol. The molecule has 0 fully saturated rings. The molecule has 1 N–H and O–H groups in total. The number of nitriles is 1. The van der Waals surface area contributed by atoms with E-state index in [1.807, 2.05) is 6.07 Å². The van der Waals surface area contributed by atoms with Gasteiger partial charge in [-0.15, -0.1) is 0 Å². The van der Waals surface area contributed by atoms with Gasteiger partial charge in [-0.1, -0.05) is 35.3 Å². The number of hydrogen-bond donors (Lipinski definition) is 1. The van der Waals surface area contributed by atoms with Gasteiger partial charge in [0, 0.05) is 17.8 Å². The number of esters is 1. The number of hydrogen-bond acceptors (Lipinski definition) is 6. The highest BCUT2D eigenvalue weighted by atomic mass is 35.5. The van der Waals surface area contributed by atoms with Crippen LogP contribution in [0.1, 0.15) is 21.5 Å². The number of carbonyl (C=O) groups excluding carboxylic acids is 2. The zero-order valence-corrected chi connectivity index (χ0v) is 19.1. The number of ether oxygens (including phenoxy) is 1. The van der Waals surface area contributed by atoms with E-state index in [-0.39, 0.29) is 27.6 Å². The first kappa shape index (κ1) is 24.5. The van der Waals surface area contributed by atoms with E-state index >= 15 is 0 Å². The van der Waals surface area contributed by atoms with Gasteiger partial charge in [-0.25, -0.2) is 4.79 Å². The van der Waals surface area contributed by atoms with Gasteiger partial charge in [0.1, 0.15) is 17.4 Å². The molecule has 3 aromatic carbocycles. The standard InChI is InChI=1S/C24H15Cl2N3O5/c1-14-10-18(29(32)33)5-9-22(14)28-23(30)17(13-27)11-15-2-6-19(7-3-15)34-24(31)16-4-8-20(25)21(26)12-16/h2-12H,1H3,(H,28,30)/b17-11+. The van der Waals surface area contributed by atoms with Gasteiger partial charge < -0.3 is 10.1 Å². The molecule has 0 aliphatic heterocycles. The Labute approximate surface area is 204 Å². The SMILES string of the molecule is Cc1cc([N+](=O)[O-])ccc1NC(=O)/C(C#N)=C/c1ccc(OC(=O)c2ccc(Cl)c(Cl)c2)cc1. The Balaban J connectivity index is 1.71. The summed E-state index contributed by atoms with van der Waals surface area (Å²) in [6, 6.07) is 16.3. The summed E-state index contributed by atoms with van der Waals surface area (Å²) in [6.07, 6.45) is 1.36. The molecule has 0 bridgehead atoms. The topological polar surface area (TPSA) is 122 Å². The molecule has 0 aliphatic carbocycles. The first-order valence-electron chi connectivity index (χ1n) is 9.63. The summed E-state index contributed by atoms with van der Waals surface area (Å²) >= 11 is 11.8. The minimum Gasteiger partial charge on any atom is -0.423 e. The van der Waals surface area contributed by atoms with Crippen LogP contribution in [-0.4, -0.2) is 16.8 Å². The second-order valence-electron chi connectivity index (χ2n) is 6.97. The predicted octanol–water partition coefficient (Wildman–Crippen LogP) is 5.97. The molecule has 8 nitrogen and oxygen atoms in total. The molecule has 0 aromatic heterocycles. The van der Waals surface area contributed by atoms with Crippen molar-refractivity contribution in [3.63, 3.8) is 0 Å². The van der Waals surface area contributed by atoms with E-state index in [0.717, 1.165) is 0 Å². The molecule has 0 radical (unpaired) electrons. The molecule has 0 saturated heterocycles. The molecule has 0 heterocycles. The lowest BCUT2D eigenvalue weighted by atomic mass is 10.1.